The van der Waals surface area contributed by atoms with Gasteiger partial charge in [-0.25, -0.2) is 8.78 Å². The van der Waals surface area contributed by atoms with E-state index in [4.69, 9.17) is 15.2 Å². The third-order valence-electron chi connectivity index (χ3n) is 2.59. The fourth-order valence-electron chi connectivity index (χ4n) is 1.52. The molecule has 0 saturated heterocycles. The summed E-state index contributed by atoms with van der Waals surface area (Å²) in [4.78, 5) is 11.9. The average Bonchev–Trinajstić information content (AvgIpc) is 2.46. The van der Waals surface area contributed by atoms with Crippen molar-refractivity contribution in [3.05, 3.63) is 22.2 Å². The standard InChI is InChI=1S/C13H17BrF2N2O3/c1-3-21-11-9(14)4-8(5-10(11)20-2)12(19)18-7-13(15,16)6-17/h4-5H,3,6-7,17H2,1-2H3,(H,18,19). The van der Waals surface area contributed by atoms with Crippen LogP contribution in [0.25, 0.3) is 0 Å². The highest BCUT2D eigenvalue weighted by Crippen LogP contribution is 2.36. The second-order valence-electron chi connectivity index (χ2n) is 4.17. The zero-order valence-corrected chi connectivity index (χ0v) is 13.3. The Kier molecular flexibility index (Phi) is 6.35. The number of benzene rings is 1. The summed E-state index contributed by atoms with van der Waals surface area (Å²) in [6.07, 6.45) is 0. The molecular weight excluding hydrogens is 350 g/mol. The summed E-state index contributed by atoms with van der Waals surface area (Å²) in [5.41, 5.74) is 5.08. The molecule has 21 heavy (non-hydrogen) atoms. The summed E-state index contributed by atoms with van der Waals surface area (Å²) >= 11 is 3.26. The van der Waals surface area contributed by atoms with Crippen molar-refractivity contribution in [3.63, 3.8) is 0 Å². The molecular formula is C13H17BrF2N2O3. The number of carbonyl (C=O) groups is 1. The molecule has 118 valence electrons. The van der Waals surface area contributed by atoms with Gasteiger partial charge in [-0.1, -0.05) is 0 Å². The highest BCUT2D eigenvalue weighted by Gasteiger charge is 2.27. The van der Waals surface area contributed by atoms with E-state index in [1.165, 1.54) is 19.2 Å². The molecule has 0 aliphatic heterocycles. The molecule has 0 aliphatic rings. The summed E-state index contributed by atoms with van der Waals surface area (Å²) in [7, 11) is 1.43. The molecule has 0 fully saturated rings. The van der Waals surface area contributed by atoms with Crippen molar-refractivity contribution in [3.8, 4) is 11.5 Å². The molecule has 1 aromatic carbocycles. The number of nitrogens with one attached hydrogen (secondary N) is 1. The van der Waals surface area contributed by atoms with Gasteiger partial charge in [0, 0.05) is 5.56 Å². The van der Waals surface area contributed by atoms with Gasteiger partial charge in [-0.15, -0.1) is 0 Å². The first-order valence-corrected chi connectivity index (χ1v) is 7.00. The summed E-state index contributed by atoms with van der Waals surface area (Å²) < 4.78 is 37.1. The Hall–Kier alpha value is -1.41. The smallest absolute Gasteiger partial charge is 0.277 e. The van der Waals surface area contributed by atoms with Crippen molar-refractivity contribution in [2.75, 3.05) is 26.8 Å². The Labute approximate surface area is 129 Å². The number of hydrogen-bond donors (Lipinski definition) is 2. The Bertz CT molecular complexity index is 512. The van der Waals surface area contributed by atoms with Crippen LogP contribution in [-0.4, -0.2) is 38.6 Å². The molecule has 3 N–H and O–H groups in total. The molecule has 1 amide bonds. The Morgan fingerprint density at radius 3 is 2.67 bits per heavy atom. The fourth-order valence-corrected chi connectivity index (χ4v) is 2.08. The van der Waals surface area contributed by atoms with Crippen LogP contribution in [-0.2, 0) is 0 Å². The highest BCUT2D eigenvalue weighted by molar-refractivity contribution is 9.10. The molecule has 1 rings (SSSR count). The van der Waals surface area contributed by atoms with Crippen LogP contribution in [0.5, 0.6) is 11.5 Å². The van der Waals surface area contributed by atoms with Crippen LogP contribution in [0.2, 0.25) is 0 Å². The van der Waals surface area contributed by atoms with Gasteiger partial charge in [-0.3, -0.25) is 4.79 Å². The topological polar surface area (TPSA) is 73.6 Å². The van der Waals surface area contributed by atoms with Gasteiger partial charge < -0.3 is 20.5 Å². The van der Waals surface area contributed by atoms with E-state index in [9.17, 15) is 13.6 Å². The van der Waals surface area contributed by atoms with E-state index in [0.717, 1.165) is 0 Å². The van der Waals surface area contributed by atoms with Crippen LogP contribution < -0.4 is 20.5 Å². The van der Waals surface area contributed by atoms with Crippen molar-refractivity contribution in [1.82, 2.24) is 5.32 Å². The maximum Gasteiger partial charge on any atom is 0.277 e. The normalized spacial score (nSPS) is 11.1. The minimum atomic E-state index is -3.14. The predicted molar refractivity (Wildman–Crippen MR) is 78.2 cm³/mol. The molecule has 8 heteroatoms. The number of alkyl halides is 2. The third-order valence-corrected chi connectivity index (χ3v) is 3.18. The molecule has 0 aliphatic carbocycles. The van der Waals surface area contributed by atoms with Crippen LogP contribution in [0.3, 0.4) is 0 Å². The highest BCUT2D eigenvalue weighted by atomic mass is 79.9. The largest absolute Gasteiger partial charge is 0.493 e. The van der Waals surface area contributed by atoms with Crippen LogP contribution in [0.4, 0.5) is 8.78 Å². The zero-order chi connectivity index (χ0) is 16.0. The van der Waals surface area contributed by atoms with Gasteiger partial charge in [0.05, 0.1) is 31.3 Å². The number of halogens is 3. The van der Waals surface area contributed by atoms with Crippen molar-refractivity contribution in [2.45, 2.75) is 12.8 Å². The minimum absolute atomic E-state index is 0.176. The maximum absolute atomic E-state index is 13.0. The van der Waals surface area contributed by atoms with Gasteiger partial charge in [0.15, 0.2) is 11.5 Å². The lowest BCUT2D eigenvalue weighted by Crippen LogP contribution is -2.41. The molecule has 0 heterocycles. The molecule has 0 unspecified atom stereocenters. The van der Waals surface area contributed by atoms with Gasteiger partial charge in [-0.05, 0) is 35.0 Å². The first-order chi connectivity index (χ1) is 9.84. The lowest BCUT2D eigenvalue weighted by Gasteiger charge is -2.16. The second-order valence-corrected chi connectivity index (χ2v) is 5.02. The number of ether oxygens (including phenoxy) is 2. The molecule has 1 aromatic rings. The molecule has 5 nitrogen and oxygen atoms in total. The Morgan fingerprint density at radius 2 is 2.14 bits per heavy atom. The molecule has 0 saturated carbocycles. The van der Waals surface area contributed by atoms with E-state index in [1.54, 1.807) is 6.92 Å². The number of methoxy groups -OCH3 is 1. The zero-order valence-electron chi connectivity index (χ0n) is 11.7. The molecule has 0 aromatic heterocycles. The van der Waals surface area contributed by atoms with E-state index in [1.807, 2.05) is 0 Å². The van der Waals surface area contributed by atoms with E-state index >= 15 is 0 Å². The Balaban J connectivity index is 2.93. The van der Waals surface area contributed by atoms with Crippen LogP contribution in [0.15, 0.2) is 16.6 Å². The second kappa shape index (κ2) is 7.56. The van der Waals surface area contributed by atoms with Gasteiger partial charge in [0.25, 0.3) is 11.8 Å². The monoisotopic (exact) mass is 366 g/mol. The Morgan fingerprint density at radius 1 is 1.48 bits per heavy atom. The van der Waals surface area contributed by atoms with Crippen molar-refractivity contribution in [1.29, 1.82) is 0 Å². The summed E-state index contributed by atoms with van der Waals surface area (Å²) in [6, 6.07) is 2.90. The number of hydrogen-bond acceptors (Lipinski definition) is 4. The third kappa shape index (κ3) is 4.82. The first kappa shape index (κ1) is 17.6. The lowest BCUT2D eigenvalue weighted by atomic mass is 10.2. The molecule has 0 atom stereocenters. The maximum atomic E-state index is 13.0. The van der Waals surface area contributed by atoms with Crippen molar-refractivity contribution >= 4 is 21.8 Å². The summed E-state index contributed by atoms with van der Waals surface area (Å²) in [5.74, 6) is -3.00. The number of rotatable bonds is 7. The molecule has 0 bridgehead atoms. The quantitative estimate of drug-likeness (QED) is 0.775. The van der Waals surface area contributed by atoms with E-state index < -0.39 is 24.9 Å². The van der Waals surface area contributed by atoms with E-state index in [-0.39, 0.29) is 5.56 Å². The average molecular weight is 367 g/mol. The first-order valence-electron chi connectivity index (χ1n) is 6.21. The lowest BCUT2D eigenvalue weighted by molar-refractivity contribution is 0.0118. The number of nitrogens with two attached hydrogens (primary N) is 1. The predicted octanol–water partition coefficient (Wildman–Crippen LogP) is 2.18. The number of amides is 1. The van der Waals surface area contributed by atoms with Crippen molar-refractivity contribution < 1.29 is 23.0 Å². The number of carbonyl (C=O) groups excluding carboxylic acids is 1. The van der Waals surface area contributed by atoms with Crippen LogP contribution in [0.1, 0.15) is 17.3 Å². The van der Waals surface area contributed by atoms with Crippen LogP contribution in [0, 0.1) is 0 Å². The minimum Gasteiger partial charge on any atom is -0.493 e. The van der Waals surface area contributed by atoms with E-state index in [0.29, 0.717) is 22.6 Å². The van der Waals surface area contributed by atoms with Gasteiger partial charge in [-0.2, -0.15) is 0 Å². The summed E-state index contributed by atoms with van der Waals surface area (Å²) in [6.45, 7) is 0.573. The summed E-state index contributed by atoms with van der Waals surface area (Å²) in [5, 5.41) is 2.13. The van der Waals surface area contributed by atoms with Gasteiger partial charge >= 0.3 is 0 Å². The van der Waals surface area contributed by atoms with Crippen molar-refractivity contribution in [2.24, 2.45) is 5.73 Å². The van der Waals surface area contributed by atoms with Gasteiger partial charge in [0.2, 0.25) is 0 Å². The molecule has 0 spiro atoms. The molecule has 0 radical (unpaired) electrons. The van der Waals surface area contributed by atoms with Crippen LogP contribution >= 0.6 is 15.9 Å². The van der Waals surface area contributed by atoms with E-state index in [2.05, 4.69) is 21.2 Å². The van der Waals surface area contributed by atoms with Gasteiger partial charge in [0.1, 0.15) is 0 Å². The SMILES string of the molecule is CCOc1c(Br)cc(C(=O)NCC(F)(F)CN)cc1OC. The fraction of sp³-hybridized carbons (Fsp3) is 0.462.